The van der Waals surface area contributed by atoms with Crippen molar-refractivity contribution in [3.8, 4) is 0 Å². The van der Waals surface area contributed by atoms with Gasteiger partial charge in [-0.25, -0.2) is 4.79 Å². The first-order chi connectivity index (χ1) is 6.59. The molecule has 0 aromatic heterocycles. The third kappa shape index (κ3) is 2.63. The predicted octanol–water partition coefficient (Wildman–Crippen LogP) is 0.590. The zero-order valence-corrected chi connectivity index (χ0v) is 7.06. The smallest absolute Gasteiger partial charge is 0.330 e. The van der Waals surface area contributed by atoms with Crippen molar-refractivity contribution in [2.75, 3.05) is 5.43 Å². The van der Waals surface area contributed by atoms with Crippen molar-refractivity contribution >= 4 is 17.4 Å². The lowest BCUT2D eigenvalue weighted by Crippen LogP contribution is -2.34. The van der Waals surface area contributed by atoms with Gasteiger partial charge in [-0.15, -0.1) is 0 Å². The van der Waals surface area contributed by atoms with Gasteiger partial charge in [0.25, 0.3) is 5.69 Å². The Balaban J connectivity index is 2.64. The normalized spacial score (nSPS) is 9.14. The number of nitrogens with two attached hydrogens (primary N) is 1. The molecule has 0 saturated heterocycles. The van der Waals surface area contributed by atoms with E-state index in [0.29, 0.717) is 5.69 Å². The minimum atomic E-state index is -0.733. The van der Waals surface area contributed by atoms with Crippen molar-refractivity contribution in [2.45, 2.75) is 0 Å². The van der Waals surface area contributed by atoms with Crippen molar-refractivity contribution in [3.63, 3.8) is 0 Å². The van der Waals surface area contributed by atoms with Crippen molar-refractivity contribution in [3.05, 3.63) is 34.4 Å². The van der Waals surface area contributed by atoms with Crippen LogP contribution in [0.25, 0.3) is 0 Å². The number of nitrogens with one attached hydrogen (secondary N) is 2. The molecule has 74 valence electrons. The Morgan fingerprint density at radius 2 is 1.93 bits per heavy atom. The molecular weight excluding hydrogens is 188 g/mol. The molecule has 0 unspecified atom stereocenters. The fraction of sp³-hybridized carbons (Fsp3) is 0. The third-order valence-electron chi connectivity index (χ3n) is 1.41. The lowest BCUT2D eigenvalue weighted by atomic mass is 10.3. The number of anilines is 1. The fourth-order valence-electron chi connectivity index (χ4n) is 0.800. The van der Waals surface area contributed by atoms with E-state index in [0.717, 1.165) is 0 Å². The van der Waals surface area contributed by atoms with Crippen molar-refractivity contribution in [1.82, 2.24) is 5.43 Å². The number of carbonyl (C=O) groups excluding carboxylic acids is 1. The second-order valence-electron chi connectivity index (χ2n) is 2.42. The summed E-state index contributed by atoms with van der Waals surface area (Å²) in [5.41, 5.74) is 9.88. The molecule has 2 amide bonds. The van der Waals surface area contributed by atoms with E-state index in [1.807, 2.05) is 0 Å². The molecule has 1 aromatic rings. The van der Waals surface area contributed by atoms with Crippen LogP contribution in [0.2, 0.25) is 0 Å². The highest BCUT2D eigenvalue weighted by molar-refractivity contribution is 5.73. The molecule has 0 fully saturated rings. The molecule has 0 aliphatic carbocycles. The second-order valence-corrected chi connectivity index (χ2v) is 2.42. The Hall–Kier alpha value is -2.31. The zero-order chi connectivity index (χ0) is 10.6. The summed E-state index contributed by atoms with van der Waals surface area (Å²) in [6, 6.07) is 4.79. The van der Waals surface area contributed by atoms with Crippen molar-refractivity contribution in [1.29, 1.82) is 0 Å². The van der Waals surface area contributed by atoms with Gasteiger partial charge in [0.2, 0.25) is 0 Å². The molecule has 0 aliphatic heterocycles. The van der Waals surface area contributed by atoms with Gasteiger partial charge in [-0.3, -0.25) is 21.0 Å². The van der Waals surface area contributed by atoms with E-state index in [-0.39, 0.29) is 5.69 Å². The molecule has 0 aliphatic rings. The number of amides is 2. The van der Waals surface area contributed by atoms with Gasteiger partial charge in [0.05, 0.1) is 10.6 Å². The number of benzene rings is 1. The van der Waals surface area contributed by atoms with Gasteiger partial charge in [-0.05, 0) is 12.1 Å². The van der Waals surface area contributed by atoms with E-state index in [9.17, 15) is 14.9 Å². The van der Waals surface area contributed by atoms with E-state index < -0.39 is 11.0 Å². The van der Waals surface area contributed by atoms with Gasteiger partial charge in [0.15, 0.2) is 0 Å². The molecule has 7 nitrogen and oxygen atoms in total. The van der Waals surface area contributed by atoms with Crippen LogP contribution in [0.5, 0.6) is 0 Å². The monoisotopic (exact) mass is 196 g/mol. The summed E-state index contributed by atoms with van der Waals surface area (Å²) in [6.07, 6.45) is 0. The SMILES string of the molecule is NC(=O)NNc1ccc([N+](=O)[O-])cc1. The third-order valence-corrected chi connectivity index (χ3v) is 1.41. The van der Waals surface area contributed by atoms with E-state index in [1.165, 1.54) is 24.3 Å². The van der Waals surface area contributed by atoms with Crippen LogP contribution in [0.3, 0.4) is 0 Å². The minimum absolute atomic E-state index is 0.0189. The molecule has 0 saturated carbocycles. The Morgan fingerprint density at radius 3 is 2.36 bits per heavy atom. The number of non-ortho nitro benzene ring substituents is 1. The zero-order valence-electron chi connectivity index (χ0n) is 7.06. The van der Waals surface area contributed by atoms with E-state index in [2.05, 4.69) is 10.9 Å². The van der Waals surface area contributed by atoms with Gasteiger partial charge in [0.1, 0.15) is 0 Å². The van der Waals surface area contributed by atoms with Gasteiger partial charge < -0.3 is 5.73 Å². The van der Waals surface area contributed by atoms with E-state index >= 15 is 0 Å². The van der Waals surface area contributed by atoms with Crippen LogP contribution in [0.1, 0.15) is 0 Å². The van der Waals surface area contributed by atoms with Crippen LogP contribution < -0.4 is 16.6 Å². The topological polar surface area (TPSA) is 110 Å². The largest absolute Gasteiger partial charge is 0.350 e. The highest BCUT2D eigenvalue weighted by atomic mass is 16.6. The number of hydrazine groups is 1. The Labute approximate surface area is 79.0 Å². The van der Waals surface area contributed by atoms with Gasteiger partial charge >= 0.3 is 6.03 Å². The van der Waals surface area contributed by atoms with Crippen LogP contribution >= 0.6 is 0 Å². The number of carbonyl (C=O) groups is 1. The molecule has 0 bridgehead atoms. The maximum atomic E-state index is 10.3. The van der Waals surface area contributed by atoms with Gasteiger partial charge in [-0.2, -0.15) is 0 Å². The molecule has 4 N–H and O–H groups in total. The number of primary amides is 1. The first kappa shape index (κ1) is 9.78. The van der Waals surface area contributed by atoms with Crippen LogP contribution in [0, 0.1) is 10.1 Å². The summed E-state index contributed by atoms with van der Waals surface area (Å²) in [6.45, 7) is 0. The fourth-order valence-corrected chi connectivity index (χ4v) is 0.800. The number of nitro benzene ring substituents is 1. The van der Waals surface area contributed by atoms with E-state index in [1.54, 1.807) is 0 Å². The maximum Gasteiger partial charge on any atom is 0.330 e. The molecule has 1 rings (SSSR count). The predicted molar refractivity (Wildman–Crippen MR) is 49.4 cm³/mol. The Bertz CT molecular complexity index is 348. The highest BCUT2D eigenvalue weighted by Crippen LogP contribution is 2.14. The molecule has 0 atom stereocenters. The molecule has 0 radical (unpaired) electrons. The molecule has 7 heteroatoms. The summed E-state index contributed by atoms with van der Waals surface area (Å²) in [4.78, 5) is 20.1. The quantitative estimate of drug-likeness (QED) is 0.485. The van der Waals surface area contributed by atoms with E-state index in [4.69, 9.17) is 5.73 Å². The Kier molecular flexibility index (Phi) is 2.85. The second kappa shape index (κ2) is 4.08. The average molecular weight is 196 g/mol. The molecule has 0 spiro atoms. The summed E-state index contributed by atoms with van der Waals surface area (Å²) in [5, 5.41) is 10.3. The molecular formula is C7H8N4O3. The number of urea groups is 1. The number of nitro groups is 1. The summed E-state index contributed by atoms with van der Waals surface area (Å²) in [5.74, 6) is 0. The number of rotatable bonds is 3. The molecule has 1 aromatic carbocycles. The maximum absolute atomic E-state index is 10.3. The van der Waals surface area contributed by atoms with Crippen molar-refractivity contribution in [2.24, 2.45) is 5.73 Å². The summed E-state index contributed by atoms with van der Waals surface area (Å²) < 4.78 is 0. The highest BCUT2D eigenvalue weighted by Gasteiger charge is 2.03. The van der Waals surface area contributed by atoms with Crippen LogP contribution in [-0.4, -0.2) is 11.0 Å². The number of nitrogens with zero attached hydrogens (tertiary/aromatic N) is 1. The van der Waals surface area contributed by atoms with Gasteiger partial charge in [0, 0.05) is 12.1 Å². The lowest BCUT2D eigenvalue weighted by molar-refractivity contribution is -0.384. The Morgan fingerprint density at radius 1 is 1.36 bits per heavy atom. The number of hydrogen-bond acceptors (Lipinski definition) is 4. The van der Waals surface area contributed by atoms with Crippen LogP contribution in [0.4, 0.5) is 16.2 Å². The first-order valence-corrected chi connectivity index (χ1v) is 3.65. The minimum Gasteiger partial charge on any atom is -0.350 e. The lowest BCUT2D eigenvalue weighted by Gasteiger charge is -2.04. The number of hydrogen-bond donors (Lipinski definition) is 3. The van der Waals surface area contributed by atoms with Crippen LogP contribution in [-0.2, 0) is 0 Å². The molecule has 0 heterocycles. The summed E-state index contributed by atoms with van der Waals surface area (Å²) in [7, 11) is 0. The first-order valence-electron chi connectivity index (χ1n) is 3.65. The molecule has 14 heavy (non-hydrogen) atoms. The van der Waals surface area contributed by atoms with Gasteiger partial charge in [-0.1, -0.05) is 0 Å². The summed E-state index contributed by atoms with van der Waals surface area (Å²) >= 11 is 0. The standard InChI is InChI=1S/C7H8N4O3/c8-7(12)10-9-5-1-3-6(4-2-5)11(13)14/h1-4,9H,(H3,8,10,12). The average Bonchev–Trinajstić information content (AvgIpc) is 2.15. The van der Waals surface area contributed by atoms with Crippen LogP contribution in [0.15, 0.2) is 24.3 Å². The van der Waals surface area contributed by atoms with Crippen molar-refractivity contribution < 1.29 is 9.72 Å².